The summed E-state index contributed by atoms with van der Waals surface area (Å²) in [7, 11) is 3.05. The third-order valence-electron chi connectivity index (χ3n) is 3.55. The summed E-state index contributed by atoms with van der Waals surface area (Å²) >= 11 is 0. The van der Waals surface area contributed by atoms with Gasteiger partial charge in [-0.15, -0.1) is 0 Å². The van der Waals surface area contributed by atoms with E-state index in [1.807, 2.05) is 6.92 Å². The molecule has 0 aliphatic rings. The smallest absolute Gasteiger partial charge is 0.256 e. The fourth-order valence-electron chi connectivity index (χ4n) is 2.31. The minimum Gasteiger partial charge on any atom is -0.497 e. The number of carbonyl (C=O) groups excluding carboxylic acids is 1. The highest BCUT2D eigenvalue weighted by molar-refractivity contribution is 5.96. The van der Waals surface area contributed by atoms with E-state index in [0.717, 1.165) is 0 Å². The van der Waals surface area contributed by atoms with Crippen LogP contribution >= 0.6 is 0 Å². The summed E-state index contributed by atoms with van der Waals surface area (Å²) < 4.78 is 15.8. The molecule has 1 atom stereocenters. The largest absolute Gasteiger partial charge is 0.497 e. The van der Waals surface area contributed by atoms with Gasteiger partial charge in [-0.05, 0) is 37.3 Å². The van der Waals surface area contributed by atoms with Crippen LogP contribution in [0.15, 0.2) is 36.5 Å². The van der Waals surface area contributed by atoms with Crippen LogP contribution in [0.4, 0.5) is 0 Å². The Hall–Kier alpha value is -2.80. The lowest BCUT2D eigenvalue weighted by atomic mass is 10.1. The zero-order valence-electron chi connectivity index (χ0n) is 14.5. The standard InChI is InChI=1S/C18H22N2O5/c1-4-25-18-13(6-5-9-19-18)17(22)20-11-15(21)14-10-12(23-2)7-8-16(14)24-3/h5-10,15,21H,4,11H2,1-3H3,(H,20,22)/t15-/m0/s1. The molecule has 0 spiro atoms. The third-order valence-corrected chi connectivity index (χ3v) is 3.55. The second kappa shape index (κ2) is 8.89. The highest BCUT2D eigenvalue weighted by Crippen LogP contribution is 2.29. The van der Waals surface area contributed by atoms with Crippen molar-refractivity contribution in [1.82, 2.24) is 10.3 Å². The molecular weight excluding hydrogens is 324 g/mol. The monoisotopic (exact) mass is 346 g/mol. The first-order valence-corrected chi connectivity index (χ1v) is 7.86. The normalized spacial score (nSPS) is 11.5. The molecule has 0 saturated carbocycles. The highest BCUT2D eigenvalue weighted by atomic mass is 16.5. The average molecular weight is 346 g/mol. The van der Waals surface area contributed by atoms with Gasteiger partial charge in [-0.25, -0.2) is 4.98 Å². The molecule has 0 unspecified atom stereocenters. The summed E-state index contributed by atoms with van der Waals surface area (Å²) in [5.74, 6) is 0.986. The number of methoxy groups -OCH3 is 2. The van der Waals surface area contributed by atoms with Crippen LogP contribution in [0.2, 0.25) is 0 Å². The van der Waals surface area contributed by atoms with Gasteiger partial charge in [0.15, 0.2) is 0 Å². The van der Waals surface area contributed by atoms with E-state index in [1.54, 1.807) is 36.5 Å². The first-order valence-electron chi connectivity index (χ1n) is 7.86. The number of nitrogens with zero attached hydrogens (tertiary/aromatic N) is 1. The van der Waals surface area contributed by atoms with Crippen LogP contribution in [-0.2, 0) is 0 Å². The lowest BCUT2D eigenvalue weighted by Gasteiger charge is -2.17. The Morgan fingerprint density at radius 3 is 2.76 bits per heavy atom. The molecule has 7 heteroatoms. The van der Waals surface area contributed by atoms with Crippen molar-refractivity contribution in [3.8, 4) is 17.4 Å². The van der Waals surface area contributed by atoms with Crippen LogP contribution in [0.5, 0.6) is 17.4 Å². The zero-order valence-corrected chi connectivity index (χ0v) is 14.5. The summed E-state index contributed by atoms with van der Waals surface area (Å²) in [6.07, 6.45) is 0.596. The predicted molar refractivity (Wildman–Crippen MR) is 92.2 cm³/mol. The van der Waals surface area contributed by atoms with Crippen LogP contribution in [0, 0.1) is 0 Å². The van der Waals surface area contributed by atoms with Crippen molar-refractivity contribution in [3.05, 3.63) is 47.7 Å². The number of nitrogens with one attached hydrogen (secondary N) is 1. The SMILES string of the molecule is CCOc1ncccc1C(=O)NC[C@H](O)c1cc(OC)ccc1OC. The number of ether oxygens (including phenoxy) is 3. The molecule has 0 saturated heterocycles. The van der Waals surface area contributed by atoms with Gasteiger partial charge < -0.3 is 24.6 Å². The van der Waals surface area contributed by atoms with Gasteiger partial charge in [0, 0.05) is 18.3 Å². The van der Waals surface area contributed by atoms with E-state index in [2.05, 4.69) is 10.3 Å². The van der Waals surface area contributed by atoms with E-state index in [1.165, 1.54) is 14.2 Å². The van der Waals surface area contributed by atoms with Gasteiger partial charge in [0.2, 0.25) is 5.88 Å². The van der Waals surface area contributed by atoms with E-state index in [4.69, 9.17) is 14.2 Å². The number of carbonyl (C=O) groups is 1. The Labute approximate surface area is 146 Å². The minimum atomic E-state index is -0.957. The van der Waals surface area contributed by atoms with Gasteiger partial charge in [-0.1, -0.05) is 0 Å². The van der Waals surface area contributed by atoms with Crippen molar-refractivity contribution in [2.45, 2.75) is 13.0 Å². The molecule has 2 N–H and O–H groups in total. The number of rotatable bonds is 8. The Balaban J connectivity index is 2.09. The second-order valence-electron chi connectivity index (χ2n) is 5.12. The number of aliphatic hydroxyl groups is 1. The second-order valence-corrected chi connectivity index (χ2v) is 5.12. The minimum absolute atomic E-state index is 0.00280. The van der Waals surface area contributed by atoms with E-state index < -0.39 is 6.10 Å². The summed E-state index contributed by atoms with van der Waals surface area (Å²) in [6.45, 7) is 2.22. The lowest BCUT2D eigenvalue weighted by molar-refractivity contribution is 0.0910. The summed E-state index contributed by atoms with van der Waals surface area (Å²) in [4.78, 5) is 16.4. The lowest BCUT2D eigenvalue weighted by Crippen LogP contribution is -2.29. The van der Waals surface area contributed by atoms with Gasteiger partial charge in [-0.3, -0.25) is 4.79 Å². The van der Waals surface area contributed by atoms with Crippen LogP contribution in [0.25, 0.3) is 0 Å². The molecule has 134 valence electrons. The maximum Gasteiger partial charge on any atom is 0.256 e. The molecule has 7 nitrogen and oxygen atoms in total. The van der Waals surface area contributed by atoms with E-state index in [0.29, 0.717) is 29.2 Å². The highest BCUT2D eigenvalue weighted by Gasteiger charge is 2.18. The number of benzene rings is 1. The Bertz CT molecular complexity index is 720. The third kappa shape index (κ3) is 4.60. The molecule has 1 aromatic heterocycles. The van der Waals surface area contributed by atoms with Gasteiger partial charge in [0.25, 0.3) is 5.91 Å². The van der Waals surface area contributed by atoms with Crippen LogP contribution in [0.1, 0.15) is 28.9 Å². The van der Waals surface area contributed by atoms with Crippen molar-refractivity contribution < 1.29 is 24.1 Å². The molecule has 25 heavy (non-hydrogen) atoms. The fraction of sp³-hybridized carbons (Fsp3) is 0.333. The maximum absolute atomic E-state index is 12.4. The number of hydrogen-bond donors (Lipinski definition) is 2. The number of amides is 1. The fourth-order valence-corrected chi connectivity index (χ4v) is 2.31. The molecule has 1 heterocycles. The summed E-state index contributed by atoms with van der Waals surface area (Å²) in [5.41, 5.74) is 0.840. The van der Waals surface area contributed by atoms with Gasteiger partial charge in [0.05, 0.1) is 20.8 Å². The van der Waals surface area contributed by atoms with Crippen LogP contribution in [-0.4, -0.2) is 43.4 Å². The number of hydrogen-bond acceptors (Lipinski definition) is 6. The van der Waals surface area contributed by atoms with Crippen LogP contribution < -0.4 is 19.5 Å². The molecule has 1 aromatic carbocycles. The first kappa shape index (κ1) is 18.5. The van der Waals surface area contributed by atoms with E-state index in [-0.39, 0.29) is 18.3 Å². The Morgan fingerprint density at radius 2 is 2.08 bits per heavy atom. The Morgan fingerprint density at radius 1 is 1.28 bits per heavy atom. The quantitative estimate of drug-likeness (QED) is 0.759. The van der Waals surface area contributed by atoms with Crippen molar-refractivity contribution in [2.75, 3.05) is 27.4 Å². The maximum atomic E-state index is 12.4. The molecule has 0 bridgehead atoms. The number of aliphatic hydroxyl groups excluding tert-OH is 1. The van der Waals surface area contributed by atoms with Gasteiger partial charge in [-0.2, -0.15) is 0 Å². The molecule has 2 aromatic rings. The van der Waals surface area contributed by atoms with Gasteiger partial charge in [0.1, 0.15) is 23.2 Å². The number of aromatic nitrogens is 1. The molecule has 0 aliphatic carbocycles. The molecule has 1 amide bonds. The topological polar surface area (TPSA) is 89.9 Å². The predicted octanol–water partition coefficient (Wildman–Crippen LogP) is 1.96. The van der Waals surface area contributed by atoms with Crippen molar-refractivity contribution in [1.29, 1.82) is 0 Å². The van der Waals surface area contributed by atoms with E-state index in [9.17, 15) is 9.90 Å². The first-order chi connectivity index (χ1) is 12.1. The average Bonchev–Trinajstić information content (AvgIpc) is 2.66. The molecule has 2 rings (SSSR count). The van der Waals surface area contributed by atoms with Crippen molar-refractivity contribution in [3.63, 3.8) is 0 Å². The van der Waals surface area contributed by atoms with E-state index >= 15 is 0 Å². The van der Waals surface area contributed by atoms with Crippen LogP contribution in [0.3, 0.4) is 0 Å². The molecule has 0 fully saturated rings. The zero-order chi connectivity index (χ0) is 18.2. The molecular formula is C18H22N2O5. The number of pyridine rings is 1. The van der Waals surface area contributed by atoms with Crippen molar-refractivity contribution >= 4 is 5.91 Å². The summed E-state index contributed by atoms with van der Waals surface area (Å²) in [6, 6.07) is 8.38. The molecule has 0 radical (unpaired) electrons. The Kier molecular flexibility index (Phi) is 6.59. The van der Waals surface area contributed by atoms with Crippen molar-refractivity contribution in [2.24, 2.45) is 0 Å². The van der Waals surface area contributed by atoms with Gasteiger partial charge >= 0.3 is 0 Å². The summed E-state index contributed by atoms with van der Waals surface area (Å²) in [5, 5.41) is 13.1. The molecule has 0 aliphatic heterocycles.